The van der Waals surface area contributed by atoms with Gasteiger partial charge in [0, 0.05) is 6.61 Å². The smallest absolute Gasteiger partial charge is 0.0686 e. The second kappa shape index (κ2) is 4.06. The zero-order valence-electron chi connectivity index (χ0n) is 10.1. The number of ether oxygens (including phenoxy) is 1. The highest BCUT2D eigenvalue weighted by Gasteiger charge is 2.44. The summed E-state index contributed by atoms with van der Waals surface area (Å²) in [5, 5.41) is 10.3. The zero-order chi connectivity index (χ0) is 10.9. The molecule has 2 atom stereocenters. The molecule has 0 bridgehead atoms. The summed E-state index contributed by atoms with van der Waals surface area (Å²) in [5.41, 5.74) is -0.346. The van der Waals surface area contributed by atoms with Crippen molar-refractivity contribution in [3.8, 4) is 0 Å². The van der Waals surface area contributed by atoms with Crippen molar-refractivity contribution >= 4 is 0 Å². The Morgan fingerprint density at radius 1 is 1.40 bits per heavy atom. The van der Waals surface area contributed by atoms with Crippen LogP contribution in [0.15, 0.2) is 0 Å². The third kappa shape index (κ3) is 2.21. The van der Waals surface area contributed by atoms with E-state index in [0.717, 1.165) is 25.9 Å². The first-order valence-corrected chi connectivity index (χ1v) is 6.44. The van der Waals surface area contributed by atoms with Gasteiger partial charge >= 0.3 is 0 Å². The minimum absolute atomic E-state index is 0.141. The quantitative estimate of drug-likeness (QED) is 0.762. The van der Waals surface area contributed by atoms with Crippen LogP contribution in [0.3, 0.4) is 0 Å². The largest absolute Gasteiger partial charge is 0.390 e. The average molecular weight is 212 g/mol. The molecule has 1 heterocycles. The predicted octanol–water partition coefficient (Wildman–Crippen LogP) is 2.89. The standard InChI is InChI=1S/C13H24O2/c1-3-12(2,14)11-6-9-15-13(10-11)7-4-5-8-13/h11,14H,3-10H2,1-2H3. The first-order valence-electron chi connectivity index (χ1n) is 6.44. The summed E-state index contributed by atoms with van der Waals surface area (Å²) in [7, 11) is 0. The van der Waals surface area contributed by atoms with Gasteiger partial charge in [-0.1, -0.05) is 19.8 Å². The Balaban J connectivity index is 2.03. The minimum Gasteiger partial charge on any atom is -0.390 e. The monoisotopic (exact) mass is 212 g/mol. The number of hydrogen-bond acceptors (Lipinski definition) is 2. The van der Waals surface area contributed by atoms with Gasteiger partial charge in [0.2, 0.25) is 0 Å². The highest BCUT2D eigenvalue weighted by molar-refractivity contribution is 4.95. The van der Waals surface area contributed by atoms with Crippen molar-refractivity contribution in [2.24, 2.45) is 5.92 Å². The van der Waals surface area contributed by atoms with Gasteiger partial charge in [0.1, 0.15) is 0 Å². The van der Waals surface area contributed by atoms with Crippen LogP contribution < -0.4 is 0 Å². The summed E-state index contributed by atoms with van der Waals surface area (Å²) in [6.07, 6.45) is 8.00. The summed E-state index contributed by atoms with van der Waals surface area (Å²) in [4.78, 5) is 0. The van der Waals surface area contributed by atoms with Crippen molar-refractivity contribution in [3.63, 3.8) is 0 Å². The highest BCUT2D eigenvalue weighted by Crippen LogP contribution is 2.45. The molecule has 1 spiro atoms. The molecular formula is C13H24O2. The van der Waals surface area contributed by atoms with E-state index < -0.39 is 5.60 Å². The van der Waals surface area contributed by atoms with E-state index in [1.54, 1.807) is 0 Å². The maximum Gasteiger partial charge on any atom is 0.0686 e. The molecule has 0 radical (unpaired) electrons. The lowest BCUT2D eigenvalue weighted by atomic mass is 9.75. The number of rotatable bonds is 2. The van der Waals surface area contributed by atoms with E-state index in [9.17, 15) is 5.11 Å². The first kappa shape index (κ1) is 11.4. The molecule has 0 amide bonds. The minimum atomic E-state index is -0.487. The molecule has 2 fully saturated rings. The second-order valence-electron chi connectivity index (χ2n) is 5.64. The van der Waals surface area contributed by atoms with Crippen LogP contribution in [0.1, 0.15) is 58.8 Å². The molecule has 2 nitrogen and oxygen atoms in total. The second-order valence-corrected chi connectivity index (χ2v) is 5.64. The molecule has 15 heavy (non-hydrogen) atoms. The summed E-state index contributed by atoms with van der Waals surface area (Å²) < 4.78 is 5.99. The fraction of sp³-hybridized carbons (Fsp3) is 1.00. The van der Waals surface area contributed by atoms with E-state index in [2.05, 4.69) is 6.92 Å². The lowest BCUT2D eigenvalue weighted by molar-refractivity contribution is -0.136. The molecule has 2 aliphatic rings. The molecule has 2 unspecified atom stereocenters. The molecule has 88 valence electrons. The summed E-state index contributed by atoms with van der Waals surface area (Å²) in [5.74, 6) is 0.439. The fourth-order valence-corrected chi connectivity index (χ4v) is 3.22. The number of hydrogen-bond donors (Lipinski definition) is 1. The lowest BCUT2D eigenvalue weighted by Gasteiger charge is -2.43. The van der Waals surface area contributed by atoms with Gasteiger partial charge in [-0.3, -0.25) is 0 Å². The normalized spacial score (nSPS) is 34.2. The van der Waals surface area contributed by atoms with Crippen molar-refractivity contribution in [2.45, 2.75) is 70.0 Å². The Bertz CT molecular complexity index is 217. The Labute approximate surface area is 93.0 Å². The van der Waals surface area contributed by atoms with Crippen molar-refractivity contribution in [3.05, 3.63) is 0 Å². The van der Waals surface area contributed by atoms with Crippen molar-refractivity contribution < 1.29 is 9.84 Å². The summed E-state index contributed by atoms with van der Waals surface area (Å²) in [6.45, 7) is 4.92. The Kier molecular flexibility index (Phi) is 3.09. The molecule has 0 aromatic rings. The van der Waals surface area contributed by atoms with Crippen molar-refractivity contribution in [1.29, 1.82) is 0 Å². The molecule has 0 aromatic heterocycles. The van der Waals surface area contributed by atoms with Crippen LogP contribution in [-0.2, 0) is 4.74 Å². The van der Waals surface area contributed by atoms with Crippen LogP contribution in [0.2, 0.25) is 0 Å². The SMILES string of the molecule is CCC(C)(O)C1CCOC2(CCCC2)C1. The van der Waals surface area contributed by atoms with Gasteiger partial charge in [-0.05, 0) is 44.9 Å². The van der Waals surface area contributed by atoms with Crippen molar-refractivity contribution in [2.75, 3.05) is 6.61 Å². The summed E-state index contributed by atoms with van der Waals surface area (Å²) in [6, 6.07) is 0. The molecule has 1 saturated heterocycles. The lowest BCUT2D eigenvalue weighted by Crippen LogP contribution is -2.45. The van der Waals surface area contributed by atoms with E-state index in [-0.39, 0.29) is 5.60 Å². The van der Waals surface area contributed by atoms with E-state index in [0.29, 0.717) is 5.92 Å². The van der Waals surface area contributed by atoms with Crippen LogP contribution >= 0.6 is 0 Å². The zero-order valence-corrected chi connectivity index (χ0v) is 10.1. The van der Waals surface area contributed by atoms with E-state index >= 15 is 0 Å². The van der Waals surface area contributed by atoms with Gasteiger partial charge in [-0.15, -0.1) is 0 Å². The first-order chi connectivity index (χ1) is 7.08. The predicted molar refractivity (Wildman–Crippen MR) is 60.8 cm³/mol. The third-order valence-electron chi connectivity index (χ3n) is 4.60. The van der Waals surface area contributed by atoms with Gasteiger partial charge < -0.3 is 9.84 Å². The average Bonchev–Trinajstić information content (AvgIpc) is 2.66. The molecule has 1 aliphatic heterocycles. The molecule has 1 N–H and O–H groups in total. The molecule has 2 rings (SSSR count). The molecule has 1 saturated carbocycles. The maximum atomic E-state index is 10.3. The Morgan fingerprint density at radius 3 is 2.67 bits per heavy atom. The number of aliphatic hydroxyl groups is 1. The van der Waals surface area contributed by atoms with Crippen LogP contribution in [0.5, 0.6) is 0 Å². The molecule has 2 heteroatoms. The van der Waals surface area contributed by atoms with Crippen LogP contribution in [0, 0.1) is 5.92 Å². The van der Waals surface area contributed by atoms with Crippen LogP contribution in [0.25, 0.3) is 0 Å². The van der Waals surface area contributed by atoms with Gasteiger partial charge in [-0.2, -0.15) is 0 Å². The fourth-order valence-electron chi connectivity index (χ4n) is 3.22. The van der Waals surface area contributed by atoms with Gasteiger partial charge in [0.15, 0.2) is 0 Å². The van der Waals surface area contributed by atoms with Crippen LogP contribution in [0.4, 0.5) is 0 Å². The Morgan fingerprint density at radius 2 is 2.07 bits per heavy atom. The van der Waals surface area contributed by atoms with E-state index in [1.807, 2.05) is 6.92 Å². The molecule has 1 aliphatic carbocycles. The topological polar surface area (TPSA) is 29.5 Å². The van der Waals surface area contributed by atoms with E-state index in [4.69, 9.17) is 4.74 Å². The van der Waals surface area contributed by atoms with Crippen LogP contribution in [-0.4, -0.2) is 22.9 Å². The third-order valence-corrected chi connectivity index (χ3v) is 4.60. The van der Waals surface area contributed by atoms with Gasteiger partial charge in [0.25, 0.3) is 0 Å². The van der Waals surface area contributed by atoms with Gasteiger partial charge in [0.05, 0.1) is 11.2 Å². The molecular weight excluding hydrogens is 188 g/mol. The highest BCUT2D eigenvalue weighted by atomic mass is 16.5. The van der Waals surface area contributed by atoms with E-state index in [1.165, 1.54) is 25.7 Å². The molecule has 0 aromatic carbocycles. The van der Waals surface area contributed by atoms with Gasteiger partial charge in [-0.25, -0.2) is 0 Å². The van der Waals surface area contributed by atoms with Crippen molar-refractivity contribution in [1.82, 2.24) is 0 Å². The Hall–Kier alpha value is -0.0800. The summed E-state index contributed by atoms with van der Waals surface area (Å²) >= 11 is 0. The maximum absolute atomic E-state index is 10.3.